The smallest absolute Gasteiger partial charge is 0.272 e. The van der Waals surface area contributed by atoms with Gasteiger partial charge in [0.2, 0.25) is 10.0 Å². The van der Waals surface area contributed by atoms with Crippen molar-refractivity contribution in [1.29, 1.82) is 0 Å². The van der Waals surface area contributed by atoms with Gasteiger partial charge in [0.05, 0.1) is 9.82 Å². The van der Waals surface area contributed by atoms with Crippen molar-refractivity contribution in [3.8, 4) is 0 Å². The van der Waals surface area contributed by atoms with Crippen LogP contribution in [0, 0.1) is 22.0 Å². The van der Waals surface area contributed by atoms with Crippen LogP contribution < -0.4 is 5.43 Å². The van der Waals surface area contributed by atoms with Crippen molar-refractivity contribution in [2.75, 3.05) is 18.5 Å². The summed E-state index contributed by atoms with van der Waals surface area (Å²) in [6, 6.07) is 3.95. The van der Waals surface area contributed by atoms with Crippen LogP contribution in [0.4, 0.5) is 11.4 Å². The van der Waals surface area contributed by atoms with Crippen LogP contribution >= 0.6 is 0 Å². The Morgan fingerprint density at radius 3 is 2.73 bits per heavy atom. The summed E-state index contributed by atoms with van der Waals surface area (Å²) in [6.07, 6.45) is 7.77. The van der Waals surface area contributed by atoms with Gasteiger partial charge < -0.3 is 0 Å². The normalized spacial score (nSPS) is 26.7. The lowest BCUT2D eigenvalue weighted by Gasteiger charge is -2.31. The maximum Gasteiger partial charge on any atom is 0.295 e. The lowest BCUT2D eigenvalue weighted by molar-refractivity contribution is -0.384. The molecule has 1 aromatic rings. The first kappa shape index (κ1) is 17.2. The van der Waals surface area contributed by atoms with Gasteiger partial charge in [0.15, 0.2) is 0 Å². The largest absolute Gasteiger partial charge is 0.295 e. The fourth-order valence-electron chi connectivity index (χ4n) is 3.79. The summed E-state index contributed by atoms with van der Waals surface area (Å²) in [5.41, 5.74) is 3.69. The second-order valence-electron chi connectivity index (χ2n) is 6.90. The molecule has 0 bridgehead atoms. The van der Waals surface area contributed by atoms with E-state index >= 15 is 0 Å². The number of nitro benzene ring substituents is 1. The van der Waals surface area contributed by atoms with Crippen LogP contribution in [0.1, 0.15) is 25.7 Å². The van der Waals surface area contributed by atoms with Gasteiger partial charge in [-0.05, 0) is 43.7 Å². The van der Waals surface area contributed by atoms with Gasteiger partial charge in [-0.3, -0.25) is 15.5 Å². The molecule has 1 saturated carbocycles. The van der Waals surface area contributed by atoms with E-state index in [1.54, 1.807) is 0 Å². The van der Waals surface area contributed by atoms with Crippen LogP contribution in [0.15, 0.2) is 40.3 Å². The molecule has 1 saturated heterocycles. The minimum Gasteiger partial charge on any atom is -0.272 e. The second-order valence-corrected chi connectivity index (χ2v) is 8.84. The molecule has 3 aliphatic rings. The first-order valence-corrected chi connectivity index (χ1v) is 10.2. The Kier molecular flexibility index (Phi) is 4.28. The summed E-state index contributed by atoms with van der Waals surface area (Å²) in [6.45, 7) is 0.917. The van der Waals surface area contributed by atoms with Crippen LogP contribution in [-0.2, 0) is 10.0 Å². The molecule has 0 radical (unpaired) electrons. The molecule has 1 N–H and O–H groups in total. The third-order valence-electron chi connectivity index (χ3n) is 5.35. The van der Waals surface area contributed by atoms with Crippen molar-refractivity contribution in [3.05, 3.63) is 40.5 Å². The lowest BCUT2D eigenvalue weighted by Crippen LogP contribution is -2.33. The van der Waals surface area contributed by atoms with Gasteiger partial charge >= 0.3 is 0 Å². The van der Waals surface area contributed by atoms with Crippen molar-refractivity contribution in [2.45, 2.75) is 30.6 Å². The van der Waals surface area contributed by atoms with Gasteiger partial charge in [0.25, 0.3) is 5.69 Å². The van der Waals surface area contributed by atoms with E-state index in [4.69, 9.17) is 0 Å². The molecular formula is C17H20N4O4S. The van der Waals surface area contributed by atoms with E-state index < -0.39 is 14.9 Å². The second kappa shape index (κ2) is 6.48. The number of hydrazone groups is 1. The highest BCUT2D eigenvalue weighted by Gasteiger charge is 2.38. The summed E-state index contributed by atoms with van der Waals surface area (Å²) >= 11 is 0. The number of fused-ring (bicyclic) bond motifs is 1. The van der Waals surface area contributed by atoms with Crippen LogP contribution in [0.2, 0.25) is 0 Å². The van der Waals surface area contributed by atoms with E-state index in [2.05, 4.69) is 22.7 Å². The molecule has 2 aliphatic carbocycles. The molecule has 0 unspecified atom stereocenters. The van der Waals surface area contributed by atoms with E-state index in [0.29, 0.717) is 24.9 Å². The van der Waals surface area contributed by atoms with Crippen molar-refractivity contribution in [2.24, 2.45) is 16.9 Å². The predicted molar refractivity (Wildman–Crippen MR) is 97.5 cm³/mol. The Morgan fingerprint density at radius 1 is 1.27 bits per heavy atom. The van der Waals surface area contributed by atoms with E-state index in [0.717, 1.165) is 37.5 Å². The van der Waals surface area contributed by atoms with Gasteiger partial charge in [-0.2, -0.15) is 9.41 Å². The van der Waals surface area contributed by atoms with Gasteiger partial charge in [0.1, 0.15) is 5.69 Å². The van der Waals surface area contributed by atoms with Crippen molar-refractivity contribution in [1.82, 2.24) is 4.31 Å². The number of nitro groups is 1. The Balaban J connectivity index is 1.58. The number of benzene rings is 1. The van der Waals surface area contributed by atoms with Crippen LogP contribution in [0.25, 0.3) is 0 Å². The number of hydrogen-bond acceptors (Lipinski definition) is 6. The topological polar surface area (TPSA) is 105 Å². The fraction of sp³-hybridized carbons (Fsp3) is 0.471. The maximum atomic E-state index is 12.6. The summed E-state index contributed by atoms with van der Waals surface area (Å²) in [5, 5.41) is 15.7. The zero-order valence-electron chi connectivity index (χ0n) is 14.2. The zero-order valence-corrected chi connectivity index (χ0v) is 15.0. The lowest BCUT2D eigenvalue weighted by atomic mass is 9.74. The fourth-order valence-corrected chi connectivity index (χ4v) is 5.33. The highest BCUT2D eigenvalue weighted by Crippen LogP contribution is 2.40. The molecule has 0 spiro atoms. The molecule has 2 fully saturated rings. The molecule has 2 atom stereocenters. The molecule has 4 rings (SSSR count). The number of allylic oxidation sites excluding steroid dienone is 2. The Morgan fingerprint density at radius 2 is 2.04 bits per heavy atom. The van der Waals surface area contributed by atoms with E-state index in [1.807, 2.05) is 0 Å². The average Bonchev–Trinajstić information content (AvgIpc) is 3.25. The molecule has 8 nitrogen and oxygen atoms in total. The number of nitrogens with one attached hydrogen (secondary N) is 1. The molecule has 1 aliphatic heterocycles. The van der Waals surface area contributed by atoms with E-state index in [-0.39, 0.29) is 16.3 Å². The predicted octanol–water partition coefficient (Wildman–Crippen LogP) is 2.74. The molecular weight excluding hydrogens is 356 g/mol. The first-order valence-electron chi connectivity index (χ1n) is 8.74. The Labute approximate surface area is 151 Å². The van der Waals surface area contributed by atoms with Gasteiger partial charge in [-0.25, -0.2) is 8.42 Å². The monoisotopic (exact) mass is 376 g/mol. The number of hydrogen-bond donors (Lipinski definition) is 1. The third kappa shape index (κ3) is 2.90. The minimum absolute atomic E-state index is 0.0481. The first-order chi connectivity index (χ1) is 12.5. The van der Waals surface area contributed by atoms with Gasteiger partial charge in [-0.15, -0.1) is 0 Å². The number of nitrogens with zero attached hydrogens (tertiary/aromatic N) is 3. The summed E-state index contributed by atoms with van der Waals surface area (Å²) in [7, 11) is -3.69. The Bertz CT molecular complexity index is 903. The molecule has 0 aromatic heterocycles. The number of anilines is 1. The van der Waals surface area contributed by atoms with Crippen molar-refractivity contribution in [3.63, 3.8) is 0 Å². The van der Waals surface area contributed by atoms with Crippen LogP contribution in [0.3, 0.4) is 0 Å². The molecule has 1 aromatic carbocycles. The van der Waals surface area contributed by atoms with Crippen LogP contribution in [0.5, 0.6) is 0 Å². The summed E-state index contributed by atoms with van der Waals surface area (Å²) in [4.78, 5) is 10.8. The van der Waals surface area contributed by atoms with Crippen molar-refractivity contribution < 1.29 is 13.3 Å². The number of rotatable bonds is 5. The highest BCUT2D eigenvalue weighted by molar-refractivity contribution is 7.89. The Hall–Kier alpha value is -2.26. The van der Waals surface area contributed by atoms with Crippen LogP contribution in [-0.4, -0.2) is 36.4 Å². The molecule has 1 heterocycles. The highest BCUT2D eigenvalue weighted by atomic mass is 32.2. The van der Waals surface area contributed by atoms with E-state index in [1.165, 1.54) is 16.4 Å². The summed E-state index contributed by atoms with van der Waals surface area (Å²) in [5.74, 6) is 0.940. The molecule has 9 heteroatoms. The average molecular weight is 376 g/mol. The zero-order chi connectivity index (χ0) is 18.3. The standard InChI is InChI=1S/C17H20N4O4S/c22-21(23)17-11-13(26(24,25)20-8-1-2-9-20)6-7-15(17)18-19-16-10-12-4-3-5-14(12)16/h3-4,6-7,11-12,14,18H,1-2,5,8-10H2/b19-16-/t12-,14-/m1/s1. The molecule has 26 heavy (non-hydrogen) atoms. The number of sulfonamides is 1. The molecule has 0 amide bonds. The van der Waals surface area contributed by atoms with Crippen molar-refractivity contribution >= 4 is 27.1 Å². The van der Waals surface area contributed by atoms with E-state index in [9.17, 15) is 18.5 Å². The molecule has 138 valence electrons. The summed E-state index contributed by atoms with van der Waals surface area (Å²) < 4.78 is 26.6. The van der Waals surface area contributed by atoms with Gasteiger partial charge in [-0.1, -0.05) is 12.2 Å². The third-order valence-corrected chi connectivity index (χ3v) is 7.25. The van der Waals surface area contributed by atoms with Gasteiger partial charge in [0, 0.05) is 30.8 Å². The quantitative estimate of drug-likeness (QED) is 0.483. The minimum atomic E-state index is -3.69. The maximum absolute atomic E-state index is 12.6. The SMILES string of the molecule is O=[N+]([O-])c1cc(S(=O)(=O)N2CCCC2)ccc1N/N=C1/C[C@H]2C=CC[C@@H]12.